The Labute approximate surface area is 120 Å². The third kappa shape index (κ3) is 5.64. The van der Waals surface area contributed by atoms with E-state index in [0.29, 0.717) is 6.54 Å². The Hall–Kier alpha value is -0.850. The number of amides is 1. The Kier molecular flexibility index (Phi) is 5.40. The maximum absolute atomic E-state index is 12.7. The van der Waals surface area contributed by atoms with E-state index in [9.17, 15) is 17.1 Å². The van der Waals surface area contributed by atoms with Gasteiger partial charge in [-0.2, -0.15) is 8.42 Å². The molecular weight excluding hydrogens is 285 g/mol. The van der Waals surface area contributed by atoms with Gasteiger partial charge in [0.15, 0.2) is 0 Å². The van der Waals surface area contributed by atoms with Crippen LogP contribution < -0.4 is 0 Å². The van der Waals surface area contributed by atoms with Crippen LogP contribution in [0.1, 0.15) is 47.0 Å². The van der Waals surface area contributed by atoms with Gasteiger partial charge in [0.25, 0.3) is 0 Å². The molecule has 2 atom stereocenters. The molecule has 1 amide bonds. The van der Waals surface area contributed by atoms with E-state index >= 15 is 0 Å². The molecule has 1 saturated heterocycles. The first kappa shape index (κ1) is 17.2. The second-order valence-corrected chi connectivity index (χ2v) is 7.88. The first-order valence-electron chi connectivity index (χ1n) is 6.91. The largest absolute Gasteiger partial charge is 0.444 e. The summed E-state index contributed by atoms with van der Waals surface area (Å²) < 4.78 is 39.4. The van der Waals surface area contributed by atoms with Crippen molar-refractivity contribution in [3.8, 4) is 0 Å². The fourth-order valence-corrected chi connectivity index (χ4v) is 3.02. The maximum atomic E-state index is 12.7. The highest BCUT2D eigenvalue weighted by Gasteiger charge is 2.35. The van der Waals surface area contributed by atoms with Gasteiger partial charge in [0, 0.05) is 12.6 Å². The van der Waals surface area contributed by atoms with Gasteiger partial charge in [0.2, 0.25) is 0 Å². The van der Waals surface area contributed by atoms with Crippen LogP contribution in [0.25, 0.3) is 0 Å². The number of likely N-dealkylation sites (tertiary alicyclic amines) is 1. The number of carbonyl (C=O) groups is 1. The number of hydrogen-bond acceptors (Lipinski definition) is 4. The van der Waals surface area contributed by atoms with Gasteiger partial charge < -0.3 is 9.64 Å². The lowest BCUT2D eigenvalue weighted by Crippen LogP contribution is -2.50. The van der Waals surface area contributed by atoms with Gasteiger partial charge in [-0.25, -0.2) is 4.79 Å². The van der Waals surface area contributed by atoms with Gasteiger partial charge in [-0.1, -0.05) is 6.92 Å². The lowest BCUT2D eigenvalue weighted by Gasteiger charge is -2.40. The van der Waals surface area contributed by atoms with Crippen LogP contribution in [-0.4, -0.2) is 43.4 Å². The van der Waals surface area contributed by atoms with Crippen molar-refractivity contribution >= 4 is 16.3 Å². The zero-order valence-electron chi connectivity index (χ0n) is 12.6. The molecule has 0 aromatic carbocycles. The molecule has 0 bridgehead atoms. The minimum absolute atomic E-state index is 0.110. The van der Waals surface area contributed by atoms with E-state index in [1.54, 1.807) is 25.7 Å². The van der Waals surface area contributed by atoms with Gasteiger partial charge in [0.05, 0.1) is 5.75 Å². The van der Waals surface area contributed by atoms with Gasteiger partial charge in [-0.15, -0.1) is 3.89 Å². The third-order valence-corrected chi connectivity index (χ3v) is 4.12. The maximum Gasteiger partial charge on any atom is 0.410 e. The minimum atomic E-state index is -4.51. The fourth-order valence-electron chi connectivity index (χ4n) is 2.50. The molecule has 1 aliphatic rings. The molecule has 0 aromatic rings. The van der Waals surface area contributed by atoms with Crippen LogP contribution in [0.2, 0.25) is 0 Å². The molecule has 7 heteroatoms. The highest BCUT2D eigenvalue weighted by Crippen LogP contribution is 2.27. The van der Waals surface area contributed by atoms with Gasteiger partial charge in [-0.05, 0) is 46.0 Å². The minimum Gasteiger partial charge on any atom is -0.444 e. The van der Waals surface area contributed by atoms with Gasteiger partial charge >= 0.3 is 16.3 Å². The number of nitrogens with zero attached hydrogens (tertiary/aromatic N) is 1. The Morgan fingerprint density at radius 3 is 2.50 bits per heavy atom. The highest BCUT2D eigenvalue weighted by molar-refractivity contribution is 7.86. The summed E-state index contributed by atoms with van der Waals surface area (Å²) >= 11 is 0. The van der Waals surface area contributed by atoms with Crippen molar-refractivity contribution in [1.29, 1.82) is 0 Å². The second kappa shape index (κ2) is 6.28. The Balaban J connectivity index is 2.76. The van der Waals surface area contributed by atoms with Crippen molar-refractivity contribution in [2.45, 2.75) is 58.6 Å². The molecule has 20 heavy (non-hydrogen) atoms. The molecule has 5 nitrogen and oxygen atoms in total. The van der Waals surface area contributed by atoms with Crippen LogP contribution in [0.3, 0.4) is 0 Å². The lowest BCUT2D eigenvalue weighted by atomic mass is 9.89. The summed E-state index contributed by atoms with van der Waals surface area (Å²) in [6.45, 7) is 7.81. The van der Waals surface area contributed by atoms with Gasteiger partial charge in [-0.3, -0.25) is 0 Å². The summed E-state index contributed by atoms with van der Waals surface area (Å²) in [5.74, 6) is -0.417. The highest BCUT2D eigenvalue weighted by atomic mass is 32.3. The Morgan fingerprint density at radius 1 is 1.40 bits per heavy atom. The number of ether oxygens (including phenoxy) is 1. The molecule has 0 spiro atoms. The molecule has 0 N–H and O–H groups in total. The standard InChI is InChI=1S/C13H24FNO4S/c1-10-6-5-8-15(12(16)19-13(2,3)4)11(10)7-9-20(14,17)18/h10-11H,5-9H2,1-4H3. The molecule has 1 rings (SSSR count). The topological polar surface area (TPSA) is 63.7 Å². The number of halogens is 1. The first-order chi connectivity index (χ1) is 8.99. The summed E-state index contributed by atoms with van der Waals surface area (Å²) in [6.07, 6.45) is 1.40. The average Bonchev–Trinajstić information content (AvgIpc) is 2.23. The van der Waals surface area contributed by atoms with Crippen LogP contribution in [0.15, 0.2) is 0 Å². The SMILES string of the molecule is CC1CCCN(C(=O)OC(C)(C)C)C1CCS(=O)(=O)F. The van der Waals surface area contributed by atoms with Crippen molar-refractivity contribution < 1.29 is 21.8 Å². The van der Waals surface area contributed by atoms with Crippen molar-refractivity contribution in [3.05, 3.63) is 0 Å². The summed E-state index contributed by atoms with van der Waals surface area (Å²) in [5.41, 5.74) is -0.603. The summed E-state index contributed by atoms with van der Waals surface area (Å²) in [7, 11) is -4.51. The monoisotopic (exact) mass is 309 g/mol. The van der Waals surface area contributed by atoms with E-state index in [2.05, 4.69) is 0 Å². The quantitative estimate of drug-likeness (QED) is 0.752. The summed E-state index contributed by atoms with van der Waals surface area (Å²) in [5, 5.41) is 0. The Bertz CT molecular complexity index is 444. The zero-order chi connectivity index (χ0) is 15.6. The first-order valence-corrected chi connectivity index (χ1v) is 8.47. The molecule has 2 unspecified atom stereocenters. The summed E-state index contributed by atoms with van der Waals surface area (Å²) in [4.78, 5) is 13.7. The van der Waals surface area contributed by atoms with E-state index < -0.39 is 27.7 Å². The van der Waals surface area contributed by atoms with Crippen LogP contribution in [0, 0.1) is 5.92 Å². The lowest BCUT2D eigenvalue weighted by molar-refractivity contribution is 0.00116. The van der Waals surface area contributed by atoms with Gasteiger partial charge in [0.1, 0.15) is 5.60 Å². The molecule has 0 aliphatic carbocycles. The molecule has 1 heterocycles. The van der Waals surface area contributed by atoms with E-state index in [-0.39, 0.29) is 18.4 Å². The van der Waals surface area contributed by atoms with E-state index in [0.717, 1.165) is 12.8 Å². The predicted octanol–water partition coefficient (Wildman–Crippen LogP) is 2.71. The van der Waals surface area contributed by atoms with Crippen molar-refractivity contribution in [2.24, 2.45) is 5.92 Å². The van der Waals surface area contributed by atoms with Crippen LogP contribution in [-0.2, 0) is 15.0 Å². The van der Waals surface area contributed by atoms with E-state index in [1.165, 1.54) is 0 Å². The molecule has 1 fully saturated rings. The third-order valence-electron chi connectivity index (χ3n) is 3.40. The van der Waals surface area contributed by atoms with Crippen LogP contribution in [0.5, 0.6) is 0 Å². The smallest absolute Gasteiger partial charge is 0.410 e. The molecule has 118 valence electrons. The average molecular weight is 309 g/mol. The molecule has 0 radical (unpaired) electrons. The second-order valence-electron chi connectivity index (χ2n) is 6.39. The molecule has 0 aromatic heterocycles. The Morgan fingerprint density at radius 2 is 2.00 bits per heavy atom. The van der Waals surface area contributed by atoms with Crippen molar-refractivity contribution in [3.63, 3.8) is 0 Å². The van der Waals surface area contributed by atoms with Crippen LogP contribution >= 0.6 is 0 Å². The van der Waals surface area contributed by atoms with Crippen molar-refractivity contribution in [1.82, 2.24) is 4.90 Å². The molecule has 1 aliphatic heterocycles. The normalized spacial score (nSPS) is 24.6. The number of hydrogen-bond donors (Lipinski definition) is 0. The van der Waals surface area contributed by atoms with E-state index in [1.807, 2.05) is 6.92 Å². The molecular formula is C13H24FNO4S. The van der Waals surface area contributed by atoms with Crippen LogP contribution in [0.4, 0.5) is 8.68 Å². The summed E-state index contributed by atoms with van der Waals surface area (Å²) in [6, 6.07) is -0.288. The fraction of sp³-hybridized carbons (Fsp3) is 0.923. The predicted molar refractivity (Wildman–Crippen MR) is 74.6 cm³/mol. The van der Waals surface area contributed by atoms with Crippen molar-refractivity contribution in [2.75, 3.05) is 12.3 Å². The number of piperidine rings is 1. The number of rotatable bonds is 3. The van der Waals surface area contributed by atoms with E-state index in [4.69, 9.17) is 4.74 Å². The number of carbonyl (C=O) groups excluding carboxylic acids is 1. The zero-order valence-corrected chi connectivity index (χ0v) is 13.4. The molecule has 0 saturated carbocycles.